The molecule has 2 aromatic carbocycles. The number of nitrogens with one attached hydrogen (secondary N) is 1. The number of anilines is 1. The zero-order chi connectivity index (χ0) is 27.9. The molecular weight excluding hydrogens is 528 g/mol. The maximum atomic E-state index is 12.9. The van der Waals surface area contributed by atoms with Gasteiger partial charge in [0.25, 0.3) is 16.8 Å². The number of methoxy groups -OCH3 is 1. The summed E-state index contributed by atoms with van der Waals surface area (Å²) in [5.41, 5.74) is 0.872. The first-order chi connectivity index (χ1) is 18.8. The summed E-state index contributed by atoms with van der Waals surface area (Å²) in [7, 11) is 1.42. The largest absolute Gasteiger partial charge is 0.494 e. The highest BCUT2D eigenvalue weighted by molar-refractivity contribution is 8.18. The molecule has 1 saturated heterocycles. The third-order valence-corrected chi connectivity index (χ3v) is 6.16. The van der Waals surface area contributed by atoms with Crippen molar-refractivity contribution in [3.05, 3.63) is 81.4 Å². The first-order valence-electron chi connectivity index (χ1n) is 11.5. The SMILES string of the molecule is CCOc1ccc(NC(=O)CN2C(=O)S/C(=C/c3ccc(Oc4ccc([N+](=O)[O-])cn4)c(OC)c3)C2=O)cc1. The number of carbonyl (C=O) groups excluding carboxylic acids is 3. The lowest BCUT2D eigenvalue weighted by Gasteiger charge is -2.13. The quantitative estimate of drug-likeness (QED) is 0.210. The molecule has 0 radical (unpaired) electrons. The number of carbonyl (C=O) groups is 3. The van der Waals surface area contributed by atoms with E-state index in [9.17, 15) is 24.5 Å². The molecule has 0 aliphatic carbocycles. The Bertz CT molecular complexity index is 1440. The van der Waals surface area contributed by atoms with Gasteiger partial charge in [-0.1, -0.05) is 6.07 Å². The van der Waals surface area contributed by atoms with Crippen LogP contribution >= 0.6 is 11.8 Å². The van der Waals surface area contributed by atoms with Crippen molar-refractivity contribution in [1.29, 1.82) is 0 Å². The Morgan fingerprint density at radius 3 is 2.54 bits per heavy atom. The van der Waals surface area contributed by atoms with E-state index in [1.165, 1.54) is 25.3 Å². The molecule has 1 N–H and O–H groups in total. The smallest absolute Gasteiger partial charge is 0.294 e. The van der Waals surface area contributed by atoms with Crippen molar-refractivity contribution in [2.75, 3.05) is 25.6 Å². The lowest BCUT2D eigenvalue weighted by Crippen LogP contribution is -2.36. The van der Waals surface area contributed by atoms with Gasteiger partial charge in [-0.15, -0.1) is 0 Å². The molecule has 0 unspecified atom stereocenters. The van der Waals surface area contributed by atoms with E-state index in [4.69, 9.17) is 14.2 Å². The first kappa shape index (κ1) is 27.1. The number of rotatable bonds is 10. The average molecular weight is 551 g/mol. The van der Waals surface area contributed by atoms with Crippen molar-refractivity contribution in [3.8, 4) is 23.1 Å². The van der Waals surface area contributed by atoms with Gasteiger partial charge >= 0.3 is 0 Å². The zero-order valence-corrected chi connectivity index (χ0v) is 21.6. The topological polar surface area (TPSA) is 150 Å². The van der Waals surface area contributed by atoms with Crippen molar-refractivity contribution in [2.45, 2.75) is 6.92 Å². The average Bonchev–Trinajstić information content (AvgIpc) is 3.18. The molecule has 13 heteroatoms. The summed E-state index contributed by atoms with van der Waals surface area (Å²) >= 11 is 0.721. The summed E-state index contributed by atoms with van der Waals surface area (Å²) in [6.07, 6.45) is 2.58. The number of pyridine rings is 1. The standard InChI is InChI=1S/C26H22N4O8S/c1-3-37-19-8-5-17(6-9-19)28-23(31)15-29-25(32)22(39-26(29)33)13-16-4-10-20(21(12-16)36-2)38-24-11-7-18(14-27-24)30(34)35/h4-14H,3,15H2,1-2H3,(H,28,31)/b22-13+. The Balaban J connectivity index is 1.42. The van der Waals surface area contributed by atoms with E-state index in [0.29, 0.717) is 29.4 Å². The highest BCUT2D eigenvalue weighted by Crippen LogP contribution is 2.36. The molecule has 200 valence electrons. The Hall–Kier alpha value is -4.91. The van der Waals surface area contributed by atoms with Gasteiger partial charge in [0.15, 0.2) is 11.5 Å². The van der Waals surface area contributed by atoms with Crippen LogP contribution in [0.3, 0.4) is 0 Å². The number of nitrogens with zero attached hydrogens (tertiary/aromatic N) is 3. The Morgan fingerprint density at radius 1 is 1.13 bits per heavy atom. The van der Waals surface area contributed by atoms with Crippen molar-refractivity contribution in [1.82, 2.24) is 9.88 Å². The highest BCUT2D eigenvalue weighted by atomic mass is 32.2. The van der Waals surface area contributed by atoms with Gasteiger partial charge in [0.2, 0.25) is 11.8 Å². The van der Waals surface area contributed by atoms with Gasteiger partial charge in [0.05, 0.1) is 23.5 Å². The van der Waals surface area contributed by atoms with E-state index in [2.05, 4.69) is 10.3 Å². The van der Waals surface area contributed by atoms with E-state index >= 15 is 0 Å². The number of aromatic nitrogens is 1. The molecule has 2 heterocycles. The molecule has 12 nitrogen and oxygen atoms in total. The molecule has 0 atom stereocenters. The normalized spacial score (nSPS) is 13.9. The van der Waals surface area contributed by atoms with Crippen LogP contribution in [0.5, 0.6) is 23.1 Å². The number of nitro groups is 1. The second-order valence-corrected chi connectivity index (χ2v) is 8.89. The van der Waals surface area contributed by atoms with Gasteiger partial charge < -0.3 is 19.5 Å². The zero-order valence-electron chi connectivity index (χ0n) is 20.8. The molecule has 1 aliphatic rings. The van der Waals surface area contributed by atoms with Crippen LogP contribution in [0.4, 0.5) is 16.2 Å². The number of thioether (sulfide) groups is 1. The van der Waals surface area contributed by atoms with Crippen LogP contribution in [0.25, 0.3) is 6.08 Å². The molecule has 4 rings (SSSR count). The van der Waals surface area contributed by atoms with E-state index < -0.39 is 28.5 Å². The van der Waals surface area contributed by atoms with E-state index in [1.54, 1.807) is 42.5 Å². The summed E-state index contributed by atoms with van der Waals surface area (Å²) < 4.78 is 16.4. The minimum atomic E-state index is -0.596. The molecule has 0 spiro atoms. The number of amides is 3. The maximum absolute atomic E-state index is 12.9. The van der Waals surface area contributed by atoms with Crippen molar-refractivity contribution < 1.29 is 33.5 Å². The third-order valence-electron chi connectivity index (χ3n) is 5.26. The molecule has 3 amide bonds. The molecular formula is C26H22N4O8S. The van der Waals surface area contributed by atoms with Gasteiger partial charge in [0.1, 0.15) is 18.5 Å². The highest BCUT2D eigenvalue weighted by Gasteiger charge is 2.36. The summed E-state index contributed by atoms with van der Waals surface area (Å²) in [6, 6.07) is 14.1. The number of benzene rings is 2. The summed E-state index contributed by atoms with van der Waals surface area (Å²) in [5.74, 6) is 0.252. The molecule has 0 bridgehead atoms. The van der Waals surface area contributed by atoms with Crippen molar-refractivity contribution in [2.24, 2.45) is 0 Å². The fourth-order valence-electron chi connectivity index (χ4n) is 3.44. The van der Waals surface area contributed by atoms with Crippen LogP contribution in [0.15, 0.2) is 65.7 Å². The number of ether oxygens (including phenoxy) is 3. The fourth-order valence-corrected chi connectivity index (χ4v) is 4.28. The van der Waals surface area contributed by atoms with Crippen molar-refractivity contribution >= 4 is 46.3 Å². The number of hydrogen-bond acceptors (Lipinski definition) is 10. The predicted octanol–water partition coefficient (Wildman–Crippen LogP) is 4.86. The third kappa shape index (κ3) is 6.70. The van der Waals surface area contributed by atoms with Crippen LogP contribution in [0, 0.1) is 10.1 Å². The predicted molar refractivity (Wildman–Crippen MR) is 143 cm³/mol. The maximum Gasteiger partial charge on any atom is 0.294 e. The molecule has 1 aromatic heterocycles. The monoisotopic (exact) mass is 550 g/mol. The van der Waals surface area contributed by atoms with Crippen molar-refractivity contribution in [3.63, 3.8) is 0 Å². The molecule has 0 saturated carbocycles. The van der Waals surface area contributed by atoms with Gasteiger partial charge in [-0.2, -0.15) is 0 Å². The second kappa shape index (κ2) is 12.1. The fraction of sp³-hybridized carbons (Fsp3) is 0.154. The minimum Gasteiger partial charge on any atom is -0.494 e. The summed E-state index contributed by atoms with van der Waals surface area (Å²) in [5, 5.41) is 12.9. The molecule has 1 aliphatic heterocycles. The Labute approximate surface area is 226 Å². The van der Waals surface area contributed by atoms with Gasteiger partial charge in [-0.3, -0.25) is 29.4 Å². The summed E-state index contributed by atoms with van der Waals surface area (Å²) in [4.78, 5) is 53.0. The van der Waals surface area contributed by atoms with E-state index in [-0.39, 0.29) is 22.2 Å². The van der Waals surface area contributed by atoms with Crippen LogP contribution in [0.1, 0.15) is 12.5 Å². The Kier molecular flexibility index (Phi) is 8.41. The van der Waals surface area contributed by atoms with Crippen LogP contribution in [-0.4, -0.2) is 52.1 Å². The van der Waals surface area contributed by atoms with Gasteiger partial charge in [0, 0.05) is 17.8 Å². The Morgan fingerprint density at radius 2 is 1.90 bits per heavy atom. The van der Waals surface area contributed by atoms with E-state index in [1.807, 2.05) is 6.92 Å². The molecule has 39 heavy (non-hydrogen) atoms. The lowest BCUT2D eigenvalue weighted by atomic mass is 10.2. The van der Waals surface area contributed by atoms with Crippen LogP contribution < -0.4 is 19.5 Å². The summed E-state index contributed by atoms with van der Waals surface area (Å²) in [6.45, 7) is 1.94. The number of imide groups is 1. The number of hydrogen-bond donors (Lipinski definition) is 1. The molecule has 3 aromatic rings. The first-order valence-corrected chi connectivity index (χ1v) is 12.3. The molecule has 1 fully saturated rings. The van der Waals surface area contributed by atoms with Crippen LogP contribution in [-0.2, 0) is 9.59 Å². The van der Waals surface area contributed by atoms with Gasteiger partial charge in [-0.25, -0.2) is 4.98 Å². The minimum absolute atomic E-state index is 0.122. The van der Waals surface area contributed by atoms with Crippen LogP contribution in [0.2, 0.25) is 0 Å². The lowest BCUT2D eigenvalue weighted by molar-refractivity contribution is -0.385. The second-order valence-electron chi connectivity index (χ2n) is 7.90. The van der Waals surface area contributed by atoms with E-state index in [0.717, 1.165) is 22.9 Å². The van der Waals surface area contributed by atoms with Gasteiger partial charge in [-0.05, 0) is 66.7 Å².